The van der Waals surface area contributed by atoms with Crippen molar-refractivity contribution >= 4 is 17.0 Å². The molecular formula is C15H13N3O2. The van der Waals surface area contributed by atoms with Gasteiger partial charge in [-0.1, -0.05) is 12.1 Å². The summed E-state index contributed by atoms with van der Waals surface area (Å²) >= 11 is 0. The lowest BCUT2D eigenvalue weighted by Gasteiger charge is -2.07. The number of rotatable bonds is 3. The van der Waals surface area contributed by atoms with Crippen molar-refractivity contribution in [1.29, 1.82) is 0 Å². The van der Waals surface area contributed by atoms with Gasteiger partial charge in [0.25, 0.3) is 0 Å². The Labute approximate surface area is 115 Å². The van der Waals surface area contributed by atoms with Crippen LogP contribution in [0.15, 0.2) is 42.7 Å². The summed E-state index contributed by atoms with van der Waals surface area (Å²) < 4.78 is 2.07. The summed E-state index contributed by atoms with van der Waals surface area (Å²) in [5.74, 6) is 0.000298. The first-order valence-electron chi connectivity index (χ1n) is 6.24. The zero-order valence-corrected chi connectivity index (χ0v) is 10.9. The van der Waals surface area contributed by atoms with Gasteiger partial charge in [0.15, 0.2) is 0 Å². The van der Waals surface area contributed by atoms with Crippen LogP contribution in [0, 0.1) is 6.92 Å². The average Bonchev–Trinajstić information content (AvgIpc) is 2.76. The Morgan fingerprint density at radius 3 is 2.70 bits per heavy atom. The van der Waals surface area contributed by atoms with Crippen molar-refractivity contribution in [1.82, 2.24) is 14.5 Å². The van der Waals surface area contributed by atoms with Crippen LogP contribution in [0.1, 0.15) is 21.7 Å². The molecule has 0 aliphatic heterocycles. The monoisotopic (exact) mass is 267 g/mol. The molecule has 2 aromatic heterocycles. The molecule has 0 bridgehead atoms. The highest BCUT2D eigenvalue weighted by atomic mass is 16.4. The fourth-order valence-electron chi connectivity index (χ4n) is 2.23. The van der Waals surface area contributed by atoms with Crippen LogP contribution < -0.4 is 0 Å². The number of aromatic nitrogens is 3. The van der Waals surface area contributed by atoms with Crippen molar-refractivity contribution in [2.45, 2.75) is 13.5 Å². The van der Waals surface area contributed by atoms with E-state index in [9.17, 15) is 4.79 Å². The van der Waals surface area contributed by atoms with Crippen LogP contribution in [-0.2, 0) is 6.54 Å². The smallest absolute Gasteiger partial charge is 0.335 e. The molecule has 3 aromatic rings. The number of fused-ring (bicyclic) bond motifs is 1. The number of carbonyl (C=O) groups is 1. The molecular weight excluding hydrogens is 254 g/mol. The van der Waals surface area contributed by atoms with E-state index in [1.54, 1.807) is 24.5 Å². The van der Waals surface area contributed by atoms with E-state index in [2.05, 4.69) is 14.5 Å². The second-order valence-corrected chi connectivity index (χ2v) is 4.61. The molecule has 1 N–H and O–H groups in total. The molecule has 5 nitrogen and oxygen atoms in total. The predicted molar refractivity (Wildman–Crippen MR) is 74.8 cm³/mol. The average molecular weight is 267 g/mol. The standard InChI is InChI=1S/C15H13N3O2/c1-10-17-13-6-7-16-8-14(13)18(10)9-11-2-4-12(5-3-11)15(19)20/h2-8H,9H2,1H3,(H,19,20). The number of aryl methyl sites for hydroxylation is 1. The molecule has 0 spiro atoms. The minimum absolute atomic E-state index is 0.294. The van der Waals surface area contributed by atoms with Crippen molar-refractivity contribution in [3.05, 3.63) is 59.7 Å². The Kier molecular flexibility index (Phi) is 2.95. The number of carboxylic acid groups (broad SMARTS) is 1. The van der Waals surface area contributed by atoms with Gasteiger partial charge in [0, 0.05) is 12.7 Å². The van der Waals surface area contributed by atoms with E-state index in [4.69, 9.17) is 5.11 Å². The van der Waals surface area contributed by atoms with E-state index in [1.165, 1.54) is 0 Å². The fourth-order valence-corrected chi connectivity index (χ4v) is 2.23. The Morgan fingerprint density at radius 1 is 1.25 bits per heavy atom. The summed E-state index contributed by atoms with van der Waals surface area (Å²) in [6.07, 6.45) is 3.52. The molecule has 3 rings (SSSR count). The fraction of sp³-hybridized carbons (Fsp3) is 0.133. The highest BCUT2D eigenvalue weighted by Gasteiger charge is 2.08. The van der Waals surface area contributed by atoms with E-state index in [-0.39, 0.29) is 0 Å². The van der Waals surface area contributed by atoms with Gasteiger partial charge in [-0.2, -0.15) is 0 Å². The highest BCUT2D eigenvalue weighted by Crippen LogP contribution is 2.16. The summed E-state index contributed by atoms with van der Waals surface area (Å²) in [5, 5.41) is 8.89. The largest absolute Gasteiger partial charge is 0.478 e. The first-order chi connectivity index (χ1) is 9.65. The van der Waals surface area contributed by atoms with Crippen LogP contribution in [0.25, 0.3) is 11.0 Å². The number of hydrogen-bond donors (Lipinski definition) is 1. The zero-order chi connectivity index (χ0) is 14.1. The van der Waals surface area contributed by atoms with Crippen LogP contribution in [0.5, 0.6) is 0 Å². The van der Waals surface area contributed by atoms with Gasteiger partial charge >= 0.3 is 5.97 Å². The van der Waals surface area contributed by atoms with Gasteiger partial charge in [-0.15, -0.1) is 0 Å². The maximum absolute atomic E-state index is 10.8. The summed E-state index contributed by atoms with van der Waals surface area (Å²) in [6, 6.07) is 8.76. The summed E-state index contributed by atoms with van der Waals surface area (Å²) in [4.78, 5) is 19.4. The molecule has 0 unspecified atom stereocenters. The molecule has 0 radical (unpaired) electrons. The van der Waals surface area contributed by atoms with E-state index < -0.39 is 5.97 Å². The van der Waals surface area contributed by atoms with Gasteiger partial charge in [-0.3, -0.25) is 4.98 Å². The molecule has 2 heterocycles. The summed E-state index contributed by atoms with van der Waals surface area (Å²) in [5.41, 5.74) is 3.22. The van der Waals surface area contributed by atoms with Crippen LogP contribution in [-0.4, -0.2) is 25.6 Å². The zero-order valence-electron chi connectivity index (χ0n) is 10.9. The molecule has 0 saturated carbocycles. The third-order valence-electron chi connectivity index (χ3n) is 3.28. The first-order valence-corrected chi connectivity index (χ1v) is 6.24. The number of hydrogen-bond acceptors (Lipinski definition) is 3. The third-order valence-corrected chi connectivity index (χ3v) is 3.28. The first kappa shape index (κ1) is 12.3. The normalized spacial score (nSPS) is 10.8. The topological polar surface area (TPSA) is 68.0 Å². The van der Waals surface area contributed by atoms with Gasteiger partial charge in [0.2, 0.25) is 0 Å². The minimum atomic E-state index is -0.912. The number of carboxylic acids is 1. The molecule has 1 aromatic carbocycles. The molecule has 0 amide bonds. The van der Waals surface area contributed by atoms with E-state index in [0.717, 1.165) is 22.4 Å². The Bertz CT molecular complexity index is 775. The lowest BCUT2D eigenvalue weighted by atomic mass is 10.1. The van der Waals surface area contributed by atoms with Crippen molar-refractivity contribution in [3.8, 4) is 0 Å². The molecule has 0 aliphatic rings. The van der Waals surface area contributed by atoms with Gasteiger partial charge in [-0.25, -0.2) is 9.78 Å². The Balaban J connectivity index is 1.96. The Hall–Kier alpha value is -2.69. The molecule has 100 valence electrons. The SMILES string of the molecule is Cc1nc2ccncc2n1Cc1ccc(C(=O)O)cc1. The number of benzene rings is 1. The lowest BCUT2D eigenvalue weighted by molar-refractivity contribution is 0.0697. The second-order valence-electron chi connectivity index (χ2n) is 4.61. The number of nitrogens with zero attached hydrogens (tertiary/aromatic N) is 3. The molecule has 0 saturated heterocycles. The molecule has 0 aliphatic carbocycles. The maximum atomic E-state index is 10.8. The van der Waals surface area contributed by atoms with Crippen LogP contribution in [0.2, 0.25) is 0 Å². The van der Waals surface area contributed by atoms with Crippen molar-refractivity contribution in [2.24, 2.45) is 0 Å². The number of imidazole rings is 1. The lowest BCUT2D eigenvalue weighted by Crippen LogP contribution is -2.03. The van der Waals surface area contributed by atoms with E-state index in [0.29, 0.717) is 12.1 Å². The molecule has 20 heavy (non-hydrogen) atoms. The van der Waals surface area contributed by atoms with Gasteiger partial charge in [0.1, 0.15) is 5.82 Å². The van der Waals surface area contributed by atoms with Crippen LogP contribution >= 0.6 is 0 Å². The van der Waals surface area contributed by atoms with Crippen LogP contribution in [0.3, 0.4) is 0 Å². The third kappa shape index (κ3) is 2.14. The predicted octanol–water partition coefficient (Wildman–Crippen LogP) is 2.49. The Morgan fingerprint density at radius 2 is 2.00 bits per heavy atom. The van der Waals surface area contributed by atoms with Gasteiger partial charge in [0.05, 0.1) is 22.8 Å². The van der Waals surface area contributed by atoms with Gasteiger partial charge < -0.3 is 9.67 Å². The summed E-state index contributed by atoms with van der Waals surface area (Å²) in [6.45, 7) is 2.60. The molecule has 5 heteroatoms. The van der Waals surface area contributed by atoms with Crippen molar-refractivity contribution in [2.75, 3.05) is 0 Å². The van der Waals surface area contributed by atoms with Crippen molar-refractivity contribution < 1.29 is 9.90 Å². The van der Waals surface area contributed by atoms with E-state index in [1.807, 2.05) is 25.1 Å². The second kappa shape index (κ2) is 4.77. The maximum Gasteiger partial charge on any atom is 0.335 e. The molecule has 0 fully saturated rings. The molecule has 0 atom stereocenters. The quantitative estimate of drug-likeness (QED) is 0.791. The van der Waals surface area contributed by atoms with Crippen molar-refractivity contribution in [3.63, 3.8) is 0 Å². The number of aromatic carboxylic acids is 1. The van der Waals surface area contributed by atoms with E-state index >= 15 is 0 Å². The highest BCUT2D eigenvalue weighted by molar-refractivity contribution is 5.87. The van der Waals surface area contributed by atoms with Gasteiger partial charge in [-0.05, 0) is 30.7 Å². The van der Waals surface area contributed by atoms with Crippen LogP contribution in [0.4, 0.5) is 0 Å². The minimum Gasteiger partial charge on any atom is -0.478 e. The number of pyridine rings is 1. The summed E-state index contributed by atoms with van der Waals surface area (Å²) in [7, 11) is 0.